The average Bonchev–Trinajstić information content (AvgIpc) is 2.97. The summed E-state index contributed by atoms with van der Waals surface area (Å²) in [5.74, 6) is 0.492. The van der Waals surface area contributed by atoms with E-state index in [2.05, 4.69) is 45.4 Å². The van der Waals surface area contributed by atoms with Crippen molar-refractivity contribution in [3.63, 3.8) is 0 Å². The number of rotatable bonds is 7. The monoisotopic (exact) mass is 373 g/mol. The normalized spacial score (nSPS) is 19.6. The third-order valence-electron chi connectivity index (χ3n) is 4.71. The Morgan fingerprint density at radius 3 is 2.70 bits per heavy atom. The molecule has 1 fully saturated rings. The van der Waals surface area contributed by atoms with Gasteiger partial charge in [-0.15, -0.1) is 0 Å². The molecule has 2 N–H and O–H groups in total. The Morgan fingerprint density at radius 2 is 2.07 bits per heavy atom. The molecule has 1 aromatic rings. The molecule has 148 valence electrons. The molecule has 7 nitrogen and oxygen atoms in total. The van der Waals surface area contributed by atoms with Gasteiger partial charge in [-0.1, -0.05) is 11.6 Å². The standard InChI is InChI=1S/C20H31N5O2/c1-6-21-20(27)18-10-16(12-25(18)9-7-8-13(2)3)24-19(26)17-11-22-15(5)23-14(17)4/h8,11,16,18H,6-7,9-10,12H2,1-5H3,(H,21,27)(H,24,26)/t16-,18-/m0/s1. The first-order valence-corrected chi connectivity index (χ1v) is 9.58. The predicted octanol–water partition coefficient (Wildman–Crippen LogP) is 1.76. The van der Waals surface area contributed by atoms with E-state index in [4.69, 9.17) is 0 Å². The lowest BCUT2D eigenvalue weighted by molar-refractivity contribution is -0.125. The first kappa shape index (κ1) is 21.0. The minimum Gasteiger partial charge on any atom is -0.355 e. The summed E-state index contributed by atoms with van der Waals surface area (Å²) in [5.41, 5.74) is 2.42. The number of hydrogen-bond donors (Lipinski definition) is 2. The zero-order valence-corrected chi connectivity index (χ0v) is 17.0. The van der Waals surface area contributed by atoms with E-state index in [0.717, 1.165) is 13.0 Å². The summed E-state index contributed by atoms with van der Waals surface area (Å²) in [4.78, 5) is 35.6. The highest BCUT2D eigenvalue weighted by Gasteiger charge is 2.37. The minimum atomic E-state index is -0.212. The smallest absolute Gasteiger partial charge is 0.254 e. The maximum atomic E-state index is 12.6. The fourth-order valence-electron chi connectivity index (χ4n) is 3.41. The number of likely N-dealkylation sites (tertiary alicyclic amines) is 1. The number of nitrogens with zero attached hydrogens (tertiary/aromatic N) is 3. The van der Waals surface area contributed by atoms with Crippen LogP contribution in [0.15, 0.2) is 17.8 Å². The first-order chi connectivity index (χ1) is 12.8. The molecule has 0 radical (unpaired) electrons. The molecular formula is C20H31N5O2. The van der Waals surface area contributed by atoms with E-state index < -0.39 is 0 Å². The lowest BCUT2D eigenvalue weighted by Crippen LogP contribution is -2.43. The number of aromatic nitrogens is 2. The summed E-state index contributed by atoms with van der Waals surface area (Å²) in [5, 5.41) is 5.96. The number of hydrogen-bond acceptors (Lipinski definition) is 5. The van der Waals surface area contributed by atoms with Gasteiger partial charge < -0.3 is 10.6 Å². The maximum Gasteiger partial charge on any atom is 0.254 e. The summed E-state index contributed by atoms with van der Waals surface area (Å²) < 4.78 is 0. The van der Waals surface area contributed by atoms with Crippen LogP contribution >= 0.6 is 0 Å². The molecule has 7 heteroatoms. The number of likely N-dealkylation sites (N-methyl/N-ethyl adjacent to an activating group) is 1. The first-order valence-electron chi connectivity index (χ1n) is 9.58. The van der Waals surface area contributed by atoms with E-state index in [0.29, 0.717) is 36.6 Å². The van der Waals surface area contributed by atoms with Crippen LogP contribution < -0.4 is 10.6 Å². The molecule has 2 amide bonds. The van der Waals surface area contributed by atoms with Crippen molar-refractivity contribution in [1.29, 1.82) is 0 Å². The molecule has 0 bridgehead atoms. The Bertz CT molecular complexity index is 712. The molecular weight excluding hydrogens is 342 g/mol. The van der Waals surface area contributed by atoms with E-state index >= 15 is 0 Å². The zero-order chi connectivity index (χ0) is 20.0. The second-order valence-electron chi connectivity index (χ2n) is 7.30. The van der Waals surface area contributed by atoms with Crippen molar-refractivity contribution in [3.05, 3.63) is 34.9 Å². The van der Waals surface area contributed by atoms with Gasteiger partial charge in [0.1, 0.15) is 5.82 Å². The molecule has 0 unspecified atom stereocenters. The Kier molecular flexibility index (Phi) is 7.47. The average molecular weight is 374 g/mol. The van der Waals surface area contributed by atoms with Crippen LogP contribution in [0.1, 0.15) is 55.5 Å². The van der Waals surface area contributed by atoms with Gasteiger partial charge in [-0.2, -0.15) is 0 Å². The third kappa shape index (κ3) is 5.85. The Labute approximate surface area is 161 Å². The molecule has 0 spiro atoms. The van der Waals surface area contributed by atoms with Crippen molar-refractivity contribution in [2.45, 2.75) is 59.5 Å². The van der Waals surface area contributed by atoms with Gasteiger partial charge in [-0.25, -0.2) is 9.97 Å². The van der Waals surface area contributed by atoms with Gasteiger partial charge in [0.15, 0.2) is 0 Å². The van der Waals surface area contributed by atoms with Crippen LogP contribution in [0.2, 0.25) is 0 Å². The van der Waals surface area contributed by atoms with E-state index in [-0.39, 0.29) is 23.9 Å². The van der Waals surface area contributed by atoms with Crippen LogP contribution in [0.25, 0.3) is 0 Å². The van der Waals surface area contributed by atoms with Crippen LogP contribution in [-0.4, -0.2) is 58.4 Å². The van der Waals surface area contributed by atoms with Crippen LogP contribution in [0, 0.1) is 13.8 Å². The van der Waals surface area contributed by atoms with E-state index in [9.17, 15) is 9.59 Å². The summed E-state index contributed by atoms with van der Waals surface area (Å²) in [6, 6.07) is -0.284. The Hall–Kier alpha value is -2.28. The fraction of sp³-hybridized carbons (Fsp3) is 0.600. The van der Waals surface area contributed by atoms with E-state index in [1.807, 2.05) is 13.8 Å². The predicted molar refractivity (Wildman–Crippen MR) is 105 cm³/mol. The van der Waals surface area contributed by atoms with Gasteiger partial charge in [0.25, 0.3) is 5.91 Å². The van der Waals surface area contributed by atoms with Gasteiger partial charge in [0.2, 0.25) is 5.91 Å². The summed E-state index contributed by atoms with van der Waals surface area (Å²) >= 11 is 0. The van der Waals surface area contributed by atoms with Crippen molar-refractivity contribution >= 4 is 11.8 Å². The molecule has 2 heterocycles. The number of nitrogens with one attached hydrogen (secondary N) is 2. The van der Waals surface area contributed by atoms with Crippen molar-refractivity contribution in [2.75, 3.05) is 19.6 Å². The zero-order valence-electron chi connectivity index (χ0n) is 17.0. The molecule has 1 aliphatic heterocycles. The highest BCUT2D eigenvalue weighted by atomic mass is 16.2. The number of amides is 2. The SMILES string of the molecule is CCNC(=O)[C@@H]1C[C@H](NC(=O)c2cnc(C)nc2C)CN1CCC=C(C)C. The largest absolute Gasteiger partial charge is 0.355 e. The van der Waals surface area contributed by atoms with Crippen molar-refractivity contribution < 1.29 is 9.59 Å². The molecule has 1 saturated heterocycles. The molecule has 0 aromatic carbocycles. The maximum absolute atomic E-state index is 12.6. The van der Waals surface area contributed by atoms with Gasteiger partial charge in [-0.05, 0) is 47.5 Å². The second kappa shape index (κ2) is 9.60. The van der Waals surface area contributed by atoms with Crippen LogP contribution in [0.3, 0.4) is 0 Å². The lowest BCUT2D eigenvalue weighted by atomic mass is 10.1. The van der Waals surface area contributed by atoms with E-state index in [1.54, 1.807) is 13.1 Å². The molecule has 1 aromatic heterocycles. The Morgan fingerprint density at radius 1 is 1.33 bits per heavy atom. The van der Waals surface area contributed by atoms with Gasteiger partial charge >= 0.3 is 0 Å². The molecule has 2 rings (SSSR count). The highest BCUT2D eigenvalue weighted by molar-refractivity contribution is 5.95. The quantitative estimate of drug-likeness (QED) is 0.711. The molecule has 0 saturated carbocycles. The number of allylic oxidation sites excluding steroid dienone is 1. The van der Waals surface area contributed by atoms with Crippen molar-refractivity contribution in [3.8, 4) is 0 Å². The minimum absolute atomic E-state index is 0.0290. The number of aryl methyl sites for hydroxylation is 2. The third-order valence-corrected chi connectivity index (χ3v) is 4.71. The van der Waals surface area contributed by atoms with E-state index in [1.165, 1.54) is 5.57 Å². The van der Waals surface area contributed by atoms with Gasteiger partial charge in [0, 0.05) is 31.9 Å². The summed E-state index contributed by atoms with van der Waals surface area (Å²) in [6.45, 7) is 11.7. The van der Waals surface area contributed by atoms with Crippen molar-refractivity contribution in [1.82, 2.24) is 25.5 Å². The van der Waals surface area contributed by atoms with Crippen molar-refractivity contribution in [2.24, 2.45) is 0 Å². The Balaban J connectivity index is 2.05. The lowest BCUT2D eigenvalue weighted by Gasteiger charge is -2.22. The summed E-state index contributed by atoms with van der Waals surface area (Å²) in [7, 11) is 0. The van der Waals surface area contributed by atoms with Gasteiger partial charge in [0.05, 0.1) is 17.3 Å². The van der Waals surface area contributed by atoms with Crippen LogP contribution in [-0.2, 0) is 4.79 Å². The second-order valence-corrected chi connectivity index (χ2v) is 7.30. The molecule has 27 heavy (non-hydrogen) atoms. The topological polar surface area (TPSA) is 87.2 Å². The molecule has 2 atom stereocenters. The van der Waals surface area contributed by atoms with Crippen LogP contribution in [0.4, 0.5) is 0 Å². The molecule has 1 aliphatic rings. The number of carbonyl (C=O) groups excluding carboxylic acids is 2. The fourth-order valence-corrected chi connectivity index (χ4v) is 3.41. The molecule has 0 aliphatic carbocycles. The van der Waals surface area contributed by atoms with Gasteiger partial charge in [-0.3, -0.25) is 14.5 Å². The summed E-state index contributed by atoms with van der Waals surface area (Å²) in [6.07, 6.45) is 5.24. The van der Waals surface area contributed by atoms with Crippen LogP contribution in [0.5, 0.6) is 0 Å². The highest BCUT2D eigenvalue weighted by Crippen LogP contribution is 2.19. The number of carbonyl (C=O) groups is 2.